The molecule has 84 valence electrons. The molecule has 5 nitrogen and oxygen atoms in total. The summed E-state index contributed by atoms with van der Waals surface area (Å²) in [6, 6.07) is -0.629. The Morgan fingerprint density at radius 2 is 2.13 bits per heavy atom. The van der Waals surface area contributed by atoms with Gasteiger partial charge < -0.3 is 9.64 Å². The molecular weight excluding hydrogens is 198 g/mol. The van der Waals surface area contributed by atoms with E-state index >= 15 is 0 Å². The third-order valence-corrected chi connectivity index (χ3v) is 2.26. The molecule has 1 atom stereocenters. The van der Waals surface area contributed by atoms with Crippen LogP contribution in [0.15, 0.2) is 0 Å². The van der Waals surface area contributed by atoms with E-state index in [1.165, 1.54) is 11.8 Å². The van der Waals surface area contributed by atoms with Crippen LogP contribution < -0.4 is 0 Å². The van der Waals surface area contributed by atoms with E-state index in [2.05, 4.69) is 0 Å². The second kappa shape index (κ2) is 4.42. The minimum atomic E-state index is -0.629. The maximum atomic E-state index is 11.5. The number of nitrogens with zero attached hydrogens (tertiary/aromatic N) is 1. The van der Waals surface area contributed by atoms with Gasteiger partial charge in [-0.15, -0.1) is 0 Å². The number of rotatable bonds is 3. The second-order valence-corrected chi connectivity index (χ2v) is 4.02. The maximum absolute atomic E-state index is 11.5. The van der Waals surface area contributed by atoms with Crippen LogP contribution in [0.4, 0.5) is 0 Å². The monoisotopic (exact) mass is 213 g/mol. The fourth-order valence-corrected chi connectivity index (χ4v) is 1.64. The van der Waals surface area contributed by atoms with Gasteiger partial charge in [-0.25, -0.2) is 4.79 Å². The van der Waals surface area contributed by atoms with Gasteiger partial charge in [0.1, 0.15) is 11.8 Å². The lowest BCUT2D eigenvalue weighted by Crippen LogP contribution is -2.55. The Balaban J connectivity index is 2.87. The van der Waals surface area contributed by atoms with Crippen molar-refractivity contribution in [3.05, 3.63) is 0 Å². The molecule has 0 aromatic carbocycles. The Morgan fingerprint density at radius 3 is 2.60 bits per heavy atom. The molecule has 15 heavy (non-hydrogen) atoms. The molecule has 1 heterocycles. The molecule has 0 aromatic rings. The van der Waals surface area contributed by atoms with Crippen molar-refractivity contribution in [3.8, 4) is 0 Å². The molecular formula is C10H15NO4. The number of amides is 1. The Labute approximate surface area is 88.4 Å². The zero-order chi connectivity index (χ0) is 11.6. The highest BCUT2D eigenvalue weighted by Crippen LogP contribution is 2.17. The largest absolute Gasteiger partial charge is 0.454 e. The highest BCUT2D eigenvalue weighted by Gasteiger charge is 2.38. The number of morpholine rings is 1. The summed E-state index contributed by atoms with van der Waals surface area (Å²) < 4.78 is 4.73. The van der Waals surface area contributed by atoms with E-state index in [1.54, 1.807) is 0 Å². The van der Waals surface area contributed by atoms with E-state index in [-0.39, 0.29) is 30.8 Å². The van der Waals surface area contributed by atoms with Crippen LogP contribution in [0.5, 0.6) is 0 Å². The molecule has 0 aliphatic carbocycles. The molecule has 1 amide bonds. The summed E-state index contributed by atoms with van der Waals surface area (Å²) in [4.78, 5) is 35.2. The van der Waals surface area contributed by atoms with Gasteiger partial charge in [0.15, 0.2) is 6.61 Å². The topological polar surface area (TPSA) is 63.7 Å². The van der Waals surface area contributed by atoms with Crippen LogP contribution >= 0.6 is 0 Å². The Morgan fingerprint density at radius 1 is 1.53 bits per heavy atom. The van der Waals surface area contributed by atoms with Crippen molar-refractivity contribution in [1.29, 1.82) is 0 Å². The zero-order valence-corrected chi connectivity index (χ0v) is 9.15. The molecule has 5 heteroatoms. The third kappa shape index (κ3) is 2.55. The first-order chi connectivity index (χ1) is 6.93. The first kappa shape index (κ1) is 11.7. The van der Waals surface area contributed by atoms with E-state index in [1.807, 2.05) is 13.8 Å². The summed E-state index contributed by atoms with van der Waals surface area (Å²) in [7, 11) is 0. The highest BCUT2D eigenvalue weighted by molar-refractivity contribution is 5.93. The summed E-state index contributed by atoms with van der Waals surface area (Å²) >= 11 is 0. The lowest BCUT2D eigenvalue weighted by Gasteiger charge is -2.35. The smallest absolute Gasteiger partial charge is 0.329 e. The van der Waals surface area contributed by atoms with Crippen molar-refractivity contribution < 1.29 is 19.1 Å². The maximum Gasteiger partial charge on any atom is 0.329 e. The van der Waals surface area contributed by atoms with Gasteiger partial charge in [0.25, 0.3) is 5.91 Å². The number of carbonyl (C=O) groups excluding carboxylic acids is 3. The number of esters is 1. The Bertz CT molecular complexity index is 298. The van der Waals surface area contributed by atoms with Crippen molar-refractivity contribution in [1.82, 2.24) is 4.90 Å². The Hall–Kier alpha value is -1.39. The van der Waals surface area contributed by atoms with Crippen LogP contribution in [0.3, 0.4) is 0 Å². The summed E-state index contributed by atoms with van der Waals surface area (Å²) in [6.45, 7) is 4.76. The quantitative estimate of drug-likeness (QED) is 0.618. The minimum Gasteiger partial charge on any atom is -0.454 e. The van der Waals surface area contributed by atoms with Gasteiger partial charge >= 0.3 is 5.97 Å². The zero-order valence-electron chi connectivity index (χ0n) is 9.15. The van der Waals surface area contributed by atoms with E-state index < -0.39 is 12.0 Å². The van der Waals surface area contributed by atoms with Gasteiger partial charge in [-0.05, 0) is 12.8 Å². The molecule has 1 unspecified atom stereocenters. The fourth-order valence-electron chi connectivity index (χ4n) is 1.64. The van der Waals surface area contributed by atoms with E-state index in [9.17, 15) is 14.4 Å². The van der Waals surface area contributed by atoms with Gasteiger partial charge in [0.05, 0.1) is 6.54 Å². The Kier molecular flexibility index (Phi) is 3.44. The molecule has 1 aliphatic rings. The van der Waals surface area contributed by atoms with Crippen molar-refractivity contribution >= 4 is 17.7 Å². The lowest BCUT2D eigenvalue weighted by molar-refractivity contribution is -0.171. The van der Waals surface area contributed by atoms with Crippen molar-refractivity contribution in [2.75, 3.05) is 13.2 Å². The molecule has 0 bridgehead atoms. The van der Waals surface area contributed by atoms with Crippen LogP contribution in [0, 0.1) is 5.92 Å². The van der Waals surface area contributed by atoms with E-state index in [0.29, 0.717) is 0 Å². The average molecular weight is 213 g/mol. The standard InChI is InChI=1S/C10H15NO4/c1-6(2)9-10(14)15-5-8(13)11(9)4-7(3)12/h6,9H,4-5H2,1-3H3. The number of ether oxygens (including phenoxy) is 1. The van der Waals surface area contributed by atoms with Crippen LogP contribution in [-0.4, -0.2) is 41.8 Å². The minimum absolute atomic E-state index is 0.0171. The van der Waals surface area contributed by atoms with Crippen LogP contribution in [0.25, 0.3) is 0 Å². The number of carbonyl (C=O) groups is 3. The SMILES string of the molecule is CC(=O)CN1C(=O)COC(=O)C1C(C)C. The van der Waals surface area contributed by atoms with Gasteiger partial charge in [-0.2, -0.15) is 0 Å². The van der Waals surface area contributed by atoms with E-state index in [0.717, 1.165) is 0 Å². The van der Waals surface area contributed by atoms with Crippen LogP contribution in [-0.2, 0) is 19.1 Å². The summed E-state index contributed by atoms with van der Waals surface area (Å²) in [5.74, 6) is -0.917. The second-order valence-electron chi connectivity index (χ2n) is 4.02. The van der Waals surface area contributed by atoms with Gasteiger partial charge in [-0.3, -0.25) is 9.59 Å². The number of hydrogen-bond donors (Lipinski definition) is 0. The molecule has 1 rings (SSSR count). The number of cyclic esters (lactones) is 1. The molecule has 1 fully saturated rings. The molecule has 0 saturated carbocycles. The normalized spacial score (nSPS) is 21.9. The summed E-state index contributed by atoms with van der Waals surface area (Å²) in [5.41, 5.74) is 0. The van der Waals surface area contributed by atoms with Crippen LogP contribution in [0.2, 0.25) is 0 Å². The number of Topliss-reactive ketones (excluding diaryl/α,β-unsaturated/α-hetero) is 1. The number of hydrogen-bond acceptors (Lipinski definition) is 4. The van der Waals surface area contributed by atoms with Gasteiger partial charge in [0.2, 0.25) is 0 Å². The first-order valence-electron chi connectivity index (χ1n) is 4.89. The molecule has 0 N–H and O–H groups in total. The average Bonchev–Trinajstić information content (AvgIpc) is 2.10. The summed E-state index contributed by atoms with van der Waals surface area (Å²) in [6.07, 6.45) is 0. The first-order valence-corrected chi connectivity index (χ1v) is 4.89. The highest BCUT2D eigenvalue weighted by atomic mass is 16.5. The van der Waals surface area contributed by atoms with Crippen molar-refractivity contribution in [2.24, 2.45) is 5.92 Å². The van der Waals surface area contributed by atoms with Crippen molar-refractivity contribution in [2.45, 2.75) is 26.8 Å². The number of ketones is 1. The third-order valence-electron chi connectivity index (χ3n) is 2.26. The summed E-state index contributed by atoms with van der Waals surface area (Å²) in [5, 5.41) is 0. The predicted octanol–water partition coefficient (Wildman–Crippen LogP) is -0.0146. The predicted molar refractivity (Wildman–Crippen MR) is 52.0 cm³/mol. The molecule has 0 aromatic heterocycles. The molecule has 0 radical (unpaired) electrons. The molecule has 1 aliphatic heterocycles. The van der Waals surface area contributed by atoms with E-state index in [4.69, 9.17) is 4.74 Å². The fraction of sp³-hybridized carbons (Fsp3) is 0.700. The van der Waals surface area contributed by atoms with Gasteiger partial charge in [0, 0.05) is 0 Å². The van der Waals surface area contributed by atoms with Crippen LogP contribution in [0.1, 0.15) is 20.8 Å². The van der Waals surface area contributed by atoms with Gasteiger partial charge in [-0.1, -0.05) is 13.8 Å². The lowest BCUT2D eigenvalue weighted by atomic mass is 10.0. The molecule has 1 saturated heterocycles. The molecule has 0 spiro atoms. The van der Waals surface area contributed by atoms with Crippen molar-refractivity contribution in [3.63, 3.8) is 0 Å².